The molecule has 4 aromatic carbocycles. The summed E-state index contributed by atoms with van der Waals surface area (Å²) in [5.74, 6) is 0. The smallest absolute Gasteiger partial charge is 0.0485 e. The molecule has 4 rings (SSSR count). The molecule has 0 saturated carbocycles. The maximum Gasteiger partial charge on any atom is 0.0485 e. The Hall–Kier alpha value is -1.50. The zero-order valence-electron chi connectivity index (χ0n) is 9.48. The summed E-state index contributed by atoms with van der Waals surface area (Å²) in [6.45, 7) is 0. The highest BCUT2D eigenvalue weighted by molar-refractivity contribution is 6.38. The highest BCUT2D eigenvalue weighted by Gasteiger charge is 2.08. The second kappa shape index (κ2) is 4.01. The van der Waals surface area contributed by atoms with E-state index in [0.717, 1.165) is 10.4 Å². The highest BCUT2D eigenvalue weighted by Crippen LogP contribution is 2.37. The van der Waals surface area contributed by atoms with Crippen molar-refractivity contribution in [2.24, 2.45) is 0 Å². The van der Waals surface area contributed by atoms with Gasteiger partial charge < -0.3 is 0 Å². The molecule has 0 aromatic heterocycles. The average Bonchev–Trinajstić information content (AvgIpc) is 2.38. The fourth-order valence-corrected chi connectivity index (χ4v) is 2.92. The van der Waals surface area contributed by atoms with Gasteiger partial charge in [0.05, 0.1) is 0 Å². The number of hydrogen-bond acceptors (Lipinski definition) is 0. The van der Waals surface area contributed by atoms with Crippen molar-refractivity contribution >= 4 is 56.3 Å². The Labute approximate surface area is 116 Å². The van der Waals surface area contributed by atoms with Crippen LogP contribution in [0.25, 0.3) is 32.3 Å². The number of hydrogen-bond donors (Lipinski definition) is 0. The van der Waals surface area contributed by atoms with Crippen LogP contribution in [0, 0.1) is 0 Å². The van der Waals surface area contributed by atoms with Gasteiger partial charge in [-0.2, -0.15) is 0 Å². The topological polar surface area (TPSA) is 0 Å². The van der Waals surface area contributed by atoms with Gasteiger partial charge in [0.15, 0.2) is 0 Å². The van der Waals surface area contributed by atoms with E-state index in [4.69, 9.17) is 11.6 Å². The Morgan fingerprint density at radius 3 is 1.89 bits per heavy atom. The Balaban J connectivity index is 0.000001000. The fourth-order valence-electron chi connectivity index (χ4n) is 2.70. The van der Waals surface area contributed by atoms with Crippen molar-refractivity contribution in [1.29, 1.82) is 0 Å². The molecule has 0 aliphatic carbocycles. The first-order valence-electron chi connectivity index (χ1n) is 5.67. The molecule has 0 bridgehead atoms. The van der Waals surface area contributed by atoms with Crippen molar-refractivity contribution in [1.82, 2.24) is 0 Å². The van der Waals surface area contributed by atoms with Gasteiger partial charge in [-0.05, 0) is 33.0 Å². The first-order chi connectivity index (χ1) is 8.34. The molecule has 88 valence electrons. The Morgan fingerprint density at radius 1 is 0.611 bits per heavy atom. The van der Waals surface area contributed by atoms with Gasteiger partial charge in [0.25, 0.3) is 0 Å². The predicted octanol–water partition coefficient (Wildman–Crippen LogP) is 5.66. The van der Waals surface area contributed by atoms with Gasteiger partial charge in [0.2, 0.25) is 0 Å². The molecule has 0 amide bonds. The lowest BCUT2D eigenvalue weighted by molar-refractivity contribution is 1.78. The van der Waals surface area contributed by atoms with Crippen LogP contribution in [0.1, 0.15) is 0 Å². The number of rotatable bonds is 0. The van der Waals surface area contributed by atoms with Crippen LogP contribution in [-0.2, 0) is 0 Å². The lowest BCUT2D eigenvalue weighted by Gasteiger charge is -2.11. The van der Waals surface area contributed by atoms with Gasteiger partial charge in [-0.3, -0.25) is 0 Å². The second-order valence-electron chi connectivity index (χ2n) is 4.40. The van der Waals surface area contributed by atoms with E-state index < -0.39 is 0 Å². The highest BCUT2D eigenvalue weighted by atomic mass is 35.5. The van der Waals surface area contributed by atoms with E-state index >= 15 is 0 Å². The van der Waals surface area contributed by atoms with Crippen molar-refractivity contribution < 1.29 is 0 Å². The van der Waals surface area contributed by atoms with E-state index in [0.29, 0.717) is 0 Å². The Bertz CT molecular complexity index is 834. The summed E-state index contributed by atoms with van der Waals surface area (Å²) in [7, 11) is 0. The molecule has 2 heteroatoms. The molecule has 0 heterocycles. The largest absolute Gasteiger partial charge is 0.147 e. The van der Waals surface area contributed by atoms with Crippen LogP contribution in [0.3, 0.4) is 0 Å². The third-order valence-corrected chi connectivity index (χ3v) is 3.81. The van der Waals surface area contributed by atoms with Gasteiger partial charge in [-0.25, -0.2) is 0 Å². The SMILES string of the molecule is Cl.Clc1ccc2ccc3cccc4ccc1c2c34. The number of halogens is 2. The third-order valence-electron chi connectivity index (χ3n) is 3.48. The lowest BCUT2D eigenvalue weighted by atomic mass is 9.94. The van der Waals surface area contributed by atoms with Crippen molar-refractivity contribution in [2.45, 2.75) is 0 Å². The molecule has 0 aliphatic heterocycles. The zero-order valence-corrected chi connectivity index (χ0v) is 11.1. The van der Waals surface area contributed by atoms with Crippen LogP contribution < -0.4 is 0 Å². The molecular formula is C16H10Cl2. The molecule has 0 nitrogen and oxygen atoms in total. The monoisotopic (exact) mass is 272 g/mol. The second-order valence-corrected chi connectivity index (χ2v) is 4.81. The summed E-state index contributed by atoms with van der Waals surface area (Å²) in [5.41, 5.74) is 0. The molecule has 0 spiro atoms. The van der Waals surface area contributed by atoms with Crippen molar-refractivity contribution in [2.75, 3.05) is 0 Å². The predicted molar refractivity (Wildman–Crippen MR) is 82.4 cm³/mol. The summed E-state index contributed by atoms with van der Waals surface area (Å²) in [5, 5.41) is 8.40. The number of benzene rings is 4. The first-order valence-corrected chi connectivity index (χ1v) is 6.04. The summed E-state index contributed by atoms with van der Waals surface area (Å²) < 4.78 is 0. The summed E-state index contributed by atoms with van der Waals surface area (Å²) in [6.07, 6.45) is 0. The van der Waals surface area contributed by atoms with Gasteiger partial charge in [-0.1, -0.05) is 60.1 Å². The maximum absolute atomic E-state index is 6.28. The summed E-state index contributed by atoms with van der Waals surface area (Å²) in [4.78, 5) is 0. The van der Waals surface area contributed by atoms with Crippen molar-refractivity contribution in [3.63, 3.8) is 0 Å². The van der Waals surface area contributed by atoms with Crippen LogP contribution in [0.15, 0.2) is 54.6 Å². The summed E-state index contributed by atoms with van der Waals surface area (Å²) in [6, 6.07) is 19.1. The lowest BCUT2D eigenvalue weighted by Crippen LogP contribution is -1.83. The van der Waals surface area contributed by atoms with Crippen LogP contribution in [-0.4, -0.2) is 0 Å². The molecule has 4 aromatic rings. The first kappa shape index (κ1) is 11.6. The fraction of sp³-hybridized carbons (Fsp3) is 0. The van der Waals surface area contributed by atoms with E-state index in [1.54, 1.807) is 0 Å². The van der Waals surface area contributed by atoms with Crippen LogP contribution in [0.5, 0.6) is 0 Å². The molecule has 0 atom stereocenters. The van der Waals surface area contributed by atoms with Crippen LogP contribution in [0.4, 0.5) is 0 Å². The van der Waals surface area contributed by atoms with Gasteiger partial charge in [-0.15, -0.1) is 12.4 Å². The molecule has 0 fully saturated rings. The van der Waals surface area contributed by atoms with Crippen LogP contribution >= 0.6 is 24.0 Å². The van der Waals surface area contributed by atoms with E-state index in [-0.39, 0.29) is 12.4 Å². The maximum atomic E-state index is 6.28. The average molecular weight is 273 g/mol. The van der Waals surface area contributed by atoms with Gasteiger partial charge in [0, 0.05) is 10.4 Å². The van der Waals surface area contributed by atoms with E-state index in [1.807, 2.05) is 6.07 Å². The molecular weight excluding hydrogens is 263 g/mol. The van der Waals surface area contributed by atoms with Gasteiger partial charge >= 0.3 is 0 Å². The quantitative estimate of drug-likeness (QED) is 0.363. The summed E-state index contributed by atoms with van der Waals surface area (Å²) >= 11 is 6.28. The zero-order chi connectivity index (χ0) is 11.4. The Morgan fingerprint density at radius 2 is 1.17 bits per heavy atom. The molecule has 0 aliphatic rings. The minimum absolute atomic E-state index is 0. The van der Waals surface area contributed by atoms with Gasteiger partial charge in [0.1, 0.15) is 0 Å². The molecule has 18 heavy (non-hydrogen) atoms. The molecule has 0 saturated heterocycles. The van der Waals surface area contributed by atoms with Crippen LogP contribution in [0.2, 0.25) is 5.02 Å². The van der Waals surface area contributed by atoms with Crippen molar-refractivity contribution in [3.8, 4) is 0 Å². The minimum atomic E-state index is 0. The molecule has 0 N–H and O–H groups in total. The minimum Gasteiger partial charge on any atom is -0.147 e. The van der Waals surface area contributed by atoms with E-state index in [9.17, 15) is 0 Å². The third kappa shape index (κ3) is 1.40. The molecule has 0 unspecified atom stereocenters. The van der Waals surface area contributed by atoms with E-state index in [1.165, 1.54) is 26.9 Å². The van der Waals surface area contributed by atoms with Crippen molar-refractivity contribution in [3.05, 3.63) is 59.6 Å². The standard InChI is InChI=1S/C16H9Cl.ClH/c17-14-9-7-12-5-4-10-2-1-3-11-6-8-13(14)16(12)15(10)11;/h1-9H;1H. The van der Waals surface area contributed by atoms with E-state index in [2.05, 4.69) is 48.5 Å². The normalized spacial score (nSPS) is 11.2. The molecule has 0 radical (unpaired) electrons. The Kier molecular flexibility index (Phi) is 2.58.